The van der Waals surface area contributed by atoms with Crippen LogP contribution in [0.1, 0.15) is 38.8 Å². The van der Waals surface area contributed by atoms with E-state index < -0.39 is 47.9 Å². The predicted octanol–water partition coefficient (Wildman–Crippen LogP) is -2.15. The zero-order valence-corrected chi connectivity index (χ0v) is 21.3. The van der Waals surface area contributed by atoms with E-state index in [2.05, 4.69) is 43.5 Å². The van der Waals surface area contributed by atoms with Crippen molar-refractivity contribution in [2.24, 2.45) is 28.1 Å². The fraction of sp³-hybridized carbons (Fsp3) is 0.619. The molecular formula is C21H37N9O5S. The SMILES string of the molecule is CCC(C)C(NC(=O)C(Cc1cnc[nH]1)NC(=O)C(CS)NC(=O)C(N)CCCN=C(N)N)C(=O)O. The highest BCUT2D eigenvalue weighted by Gasteiger charge is 2.32. The van der Waals surface area contributed by atoms with E-state index in [0.29, 0.717) is 25.1 Å². The molecule has 0 aliphatic carbocycles. The third kappa shape index (κ3) is 10.5. The lowest BCUT2D eigenvalue weighted by Gasteiger charge is -2.26. The number of amides is 3. The number of thiol groups is 1. The average molecular weight is 528 g/mol. The van der Waals surface area contributed by atoms with E-state index in [9.17, 15) is 24.3 Å². The highest BCUT2D eigenvalue weighted by Crippen LogP contribution is 2.09. The third-order valence-electron chi connectivity index (χ3n) is 5.51. The van der Waals surface area contributed by atoms with Crippen LogP contribution in [-0.4, -0.2) is 81.2 Å². The van der Waals surface area contributed by atoms with Crippen molar-refractivity contribution in [3.8, 4) is 0 Å². The number of aromatic nitrogens is 2. The summed E-state index contributed by atoms with van der Waals surface area (Å²) in [6.07, 6.45) is 4.17. The summed E-state index contributed by atoms with van der Waals surface area (Å²) in [6, 6.07) is -4.28. The normalized spacial score (nSPS) is 15.0. The molecule has 1 heterocycles. The summed E-state index contributed by atoms with van der Waals surface area (Å²) >= 11 is 4.14. The van der Waals surface area contributed by atoms with Crippen molar-refractivity contribution in [3.63, 3.8) is 0 Å². The molecule has 11 N–H and O–H groups in total. The van der Waals surface area contributed by atoms with Crippen LogP contribution in [0.25, 0.3) is 0 Å². The van der Waals surface area contributed by atoms with Gasteiger partial charge < -0.3 is 43.2 Å². The Morgan fingerprint density at radius 3 is 2.31 bits per heavy atom. The monoisotopic (exact) mass is 527 g/mol. The quantitative estimate of drug-likeness (QED) is 0.0491. The van der Waals surface area contributed by atoms with Gasteiger partial charge >= 0.3 is 5.97 Å². The molecule has 0 saturated carbocycles. The molecule has 0 radical (unpaired) electrons. The second kappa shape index (κ2) is 15.6. The number of aliphatic imine (C=N–C) groups is 1. The lowest BCUT2D eigenvalue weighted by Crippen LogP contribution is -2.58. The summed E-state index contributed by atoms with van der Waals surface area (Å²) in [5, 5.41) is 17.1. The van der Waals surface area contributed by atoms with Gasteiger partial charge in [0.05, 0.1) is 12.4 Å². The van der Waals surface area contributed by atoms with Gasteiger partial charge in [-0.25, -0.2) is 9.78 Å². The van der Waals surface area contributed by atoms with Crippen LogP contribution in [0, 0.1) is 5.92 Å². The Bertz CT molecular complexity index is 892. The van der Waals surface area contributed by atoms with Crippen LogP contribution < -0.4 is 33.2 Å². The maximum Gasteiger partial charge on any atom is 0.326 e. The Hall–Kier alpha value is -3.33. The molecule has 202 valence electrons. The lowest BCUT2D eigenvalue weighted by molar-refractivity contribution is -0.143. The molecule has 1 rings (SSSR count). The van der Waals surface area contributed by atoms with Gasteiger partial charge in [-0.15, -0.1) is 0 Å². The highest BCUT2D eigenvalue weighted by molar-refractivity contribution is 7.80. The minimum Gasteiger partial charge on any atom is -0.480 e. The van der Waals surface area contributed by atoms with Gasteiger partial charge in [-0.2, -0.15) is 12.6 Å². The van der Waals surface area contributed by atoms with Crippen molar-refractivity contribution in [2.75, 3.05) is 12.3 Å². The summed E-state index contributed by atoms with van der Waals surface area (Å²) in [6.45, 7) is 3.81. The number of carboxylic acid groups (broad SMARTS) is 1. The van der Waals surface area contributed by atoms with Crippen LogP contribution in [0.2, 0.25) is 0 Å². The van der Waals surface area contributed by atoms with E-state index in [-0.39, 0.29) is 30.5 Å². The second-order valence-electron chi connectivity index (χ2n) is 8.35. The number of nitrogens with zero attached hydrogens (tertiary/aromatic N) is 2. The Labute approximate surface area is 215 Å². The summed E-state index contributed by atoms with van der Waals surface area (Å²) in [5.41, 5.74) is 16.9. The number of carboxylic acids is 1. The van der Waals surface area contributed by atoms with E-state index in [1.54, 1.807) is 6.92 Å². The molecule has 15 heteroatoms. The van der Waals surface area contributed by atoms with Crippen LogP contribution in [0.4, 0.5) is 0 Å². The molecule has 0 aliphatic rings. The molecule has 5 atom stereocenters. The van der Waals surface area contributed by atoms with Gasteiger partial charge in [-0.05, 0) is 18.8 Å². The minimum atomic E-state index is -1.18. The molecule has 0 fully saturated rings. The molecule has 1 aromatic rings. The van der Waals surface area contributed by atoms with Crippen molar-refractivity contribution >= 4 is 42.3 Å². The number of nitrogens with two attached hydrogens (primary N) is 3. The number of aromatic amines is 1. The first-order chi connectivity index (χ1) is 17.0. The highest BCUT2D eigenvalue weighted by atomic mass is 32.1. The molecule has 0 bridgehead atoms. The summed E-state index contributed by atoms with van der Waals surface area (Å²) in [7, 11) is 0. The van der Waals surface area contributed by atoms with E-state index in [0.717, 1.165) is 0 Å². The first kappa shape index (κ1) is 30.7. The molecule has 36 heavy (non-hydrogen) atoms. The van der Waals surface area contributed by atoms with Crippen molar-refractivity contribution in [2.45, 2.75) is 63.7 Å². The van der Waals surface area contributed by atoms with Gasteiger partial charge in [0.1, 0.15) is 18.1 Å². The molecule has 5 unspecified atom stereocenters. The number of hydrogen-bond donors (Lipinski definition) is 9. The Balaban J connectivity index is 2.88. The van der Waals surface area contributed by atoms with Crippen LogP contribution in [0.5, 0.6) is 0 Å². The van der Waals surface area contributed by atoms with Crippen molar-refractivity contribution in [1.29, 1.82) is 0 Å². The summed E-state index contributed by atoms with van der Waals surface area (Å²) in [5.74, 6) is -3.60. The number of carbonyl (C=O) groups excluding carboxylic acids is 3. The third-order valence-corrected chi connectivity index (χ3v) is 5.87. The summed E-state index contributed by atoms with van der Waals surface area (Å²) in [4.78, 5) is 60.6. The average Bonchev–Trinajstić information content (AvgIpc) is 3.34. The van der Waals surface area contributed by atoms with Gasteiger partial charge in [0.15, 0.2) is 5.96 Å². The van der Waals surface area contributed by atoms with Crippen molar-refractivity contribution < 1.29 is 24.3 Å². The number of rotatable bonds is 16. The van der Waals surface area contributed by atoms with Gasteiger partial charge in [-0.3, -0.25) is 19.4 Å². The largest absolute Gasteiger partial charge is 0.480 e. The Kier molecular flexibility index (Phi) is 13.3. The van der Waals surface area contributed by atoms with E-state index in [1.807, 2.05) is 6.92 Å². The van der Waals surface area contributed by atoms with Crippen molar-refractivity contribution in [3.05, 3.63) is 18.2 Å². The molecule has 0 aromatic carbocycles. The van der Waals surface area contributed by atoms with E-state index in [4.69, 9.17) is 17.2 Å². The minimum absolute atomic E-state index is 0.0158. The number of aliphatic carboxylic acids is 1. The van der Waals surface area contributed by atoms with Crippen LogP contribution in [0.3, 0.4) is 0 Å². The predicted molar refractivity (Wildman–Crippen MR) is 137 cm³/mol. The zero-order valence-electron chi connectivity index (χ0n) is 20.4. The van der Waals surface area contributed by atoms with Crippen LogP contribution in [-0.2, 0) is 25.6 Å². The van der Waals surface area contributed by atoms with Gasteiger partial charge in [0, 0.05) is 30.6 Å². The maximum atomic E-state index is 13.0. The number of guanidine groups is 1. The topological polar surface area (TPSA) is 244 Å². The first-order valence-electron chi connectivity index (χ1n) is 11.5. The standard InChI is InChI=1S/C21H37N9O5S/c1-3-11(2)16(20(34)35)30-18(32)14(7-12-8-25-10-27-12)28-19(33)15(9-36)29-17(31)13(22)5-4-6-26-21(23)24/h8,10-11,13-16,36H,3-7,9,22H2,1-2H3,(H,25,27)(H,28,33)(H,29,31)(H,30,32)(H,34,35)(H4,23,24,26). The zero-order chi connectivity index (χ0) is 27.3. The molecule has 0 spiro atoms. The first-order valence-corrected chi connectivity index (χ1v) is 12.2. The van der Waals surface area contributed by atoms with E-state index in [1.165, 1.54) is 12.5 Å². The van der Waals surface area contributed by atoms with Gasteiger partial charge in [0.2, 0.25) is 17.7 Å². The lowest BCUT2D eigenvalue weighted by atomic mass is 9.98. The van der Waals surface area contributed by atoms with Crippen molar-refractivity contribution in [1.82, 2.24) is 25.9 Å². The molecular weight excluding hydrogens is 490 g/mol. The molecule has 3 amide bonds. The number of imidazole rings is 1. The maximum absolute atomic E-state index is 13.0. The molecule has 0 aliphatic heterocycles. The smallest absolute Gasteiger partial charge is 0.326 e. The van der Waals surface area contributed by atoms with Crippen LogP contribution in [0.15, 0.2) is 17.5 Å². The molecule has 1 aromatic heterocycles. The van der Waals surface area contributed by atoms with Gasteiger partial charge in [0.25, 0.3) is 0 Å². The molecule has 14 nitrogen and oxygen atoms in total. The van der Waals surface area contributed by atoms with Gasteiger partial charge in [-0.1, -0.05) is 20.3 Å². The fourth-order valence-corrected chi connectivity index (χ4v) is 3.42. The number of nitrogens with one attached hydrogen (secondary N) is 4. The number of hydrogen-bond acceptors (Lipinski definition) is 8. The van der Waals surface area contributed by atoms with Crippen LogP contribution >= 0.6 is 12.6 Å². The summed E-state index contributed by atoms with van der Waals surface area (Å²) < 4.78 is 0. The Morgan fingerprint density at radius 2 is 1.78 bits per heavy atom. The second-order valence-corrected chi connectivity index (χ2v) is 8.72. The number of carbonyl (C=O) groups is 4. The fourth-order valence-electron chi connectivity index (χ4n) is 3.16. The molecule has 0 saturated heterocycles. The van der Waals surface area contributed by atoms with E-state index >= 15 is 0 Å². The number of H-pyrrole nitrogens is 1. The Morgan fingerprint density at radius 1 is 1.14 bits per heavy atom.